The molecule has 0 bridgehead atoms. The maximum absolute atomic E-state index is 14.0. The van der Waals surface area contributed by atoms with Crippen molar-refractivity contribution in [1.29, 1.82) is 0 Å². The fraction of sp³-hybridized carbons (Fsp3) is 0.240. The second kappa shape index (κ2) is 10.1. The molecule has 3 rings (SSSR count). The number of nitrogens with one attached hydrogen (secondary N) is 1. The Bertz CT molecular complexity index is 1190. The van der Waals surface area contributed by atoms with Gasteiger partial charge in [0.05, 0.1) is 17.1 Å². The fourth-order valence-corrected chi connectivity index (χ4v) is 5.61. The van der Waals surface area contributed by atoms with Gasteiger partial charge in [-0.25, -0.2) is 12.8 Å². The number of benzene rings is 3. The Morgan fingerprint density at radius 2 is 1.53 bits per heavy atom. The molecular weight excluding hydrogens is 427 g/mol. The topological polar surface area (TPSA) is 66.5 Å². The highest BCUT2D eigenvalue weighted by Crippen LogP contribution is 2.26. The Kier molecular flexibility index (Phi) is 7.43. The quantitative estimate of drug-likeness (QED) is 0.540. The van der Waals surface area contributed by atoms with Crippen LogP contribution in [0.15, 0.2) is 71.6 Å². The lowest BCUT2D eigenvalue weighted by molar-refractivity contribution is -0.116. The standard InChI is InChI=1S/C25H27FN2O3S/c1-18-15-19(2)25(20(3)16-18)32(30,31)28(14-13-21-9-5-4-6-10-21)17-24(29)27-23-12-8-7-11-22(23)26/h4-12,15-16H,13-14,17H2,1-3H3,(H,27,29). The maximum Gasteiger partial charge on any atom is 0.244 e. The minimum atomic E-state index is -3.97. The first-order valence-electron chi connectivity index (χ1n) is 10.3. The maximum atomic E-state index is 14.0. The van der Waals surface area contributed by atoms with Crippen molar-refractivity contribution in [3.05, 3.63) is 94.8 Å². The van der Waals surface area contributed by atoms with Crippen LogP contribution in [-0.2, 0) is 21.2 Å². The Hall–Kier alpha value is -3.03. The zero-order valence-corrected chi connectivity index (χ0v) is 19.2. The lowest BCUT2D eigenvalue weighted by atomic mass is 10.1. The number of nitrogens with zero attached hydrogens (tertiary/aromatic N) is 1. The highest BCUT2D eigenvalue weighted by molar-refractivity contribution is 7.89. The van der Waals surface area contributed by atoms with Gasteiger partial charge in [-0.05, 0) is 56.0 Å². The summed E-state index contributed by atoms with van der Waals surface area (Å²) in [6.07, 6.45) is 0.441. The van der Waals surface area contributed by atoms with Gasteiger partial charge in [-0.3, -0.25) is 4.79 Å². The Labute approximate surface area is 188 Å². The average Bonchev–Trinajstić information content (AvgIpc) is 2.72. The number of hydrogen-bond acceptors (Lipinski definition) is 3. The summed E-state index contributed by atoms with van der Waals surface area (Å²) in [6.45, 7) is 5.11. The first-order valence-corrected chi connectivity index (χ1v) is 11.8. The molecule has 0 aliphatic carbocycles. The van der Waals surface area contributed by atoms with E-state index in [9.17, 15) is 17.6 Å². The van der Waals surface area contributed by atoms with E-state index in [1.54, 1.807) is 19.9 Å². The summed E-state index contributed by atoms with van der Waals surface area (Å²) in [5.41, 5.74) is 3.19. The van der Waals surface area contributed by atoms with Gasteiger partial charge in [0.2, 0.25) is 15.9 Å². The fourth-order valence-electron chi connectivity index (χ4n) is 3.80. The third kappa shape index (κ3) is 5.60. The van der Waals surface area contributed by atoms with E-state index in [0.29, 0.717) is 17.5 Å². The monoisotopic (exact) mass is 454 g/mol. The second-order valence-electron chi connectivity index (χ2n) is 7.83. The van der Waals surface area contributed by atoms with Gasteiger partial charge in [-0.15, -0.1) is 0 Å². The molecule has 5 nitrogen and oxygen atoms in total. The molecule has 3 aromatic rings. The van der Waals surface area contributed by atoms with Crippen molar-refractivity contribution in [1.82, 2.24) is 4.31 Å². The number of carbonyl (C=O) groups is 1. The van der Waals surface area contributed by atoms with Crippen LogP contribution in [0.2, 0.25) is 0 Å². The zero-order valence-electron chi connectivity index (χ0n) is 18.4. The molecule has 0 spiro atoms. The highest BCUT2D eigenvalue weighted by atomic mass is 32.2. The van der Waals surface area contributed by atoms with E-state index in [1.807, 2.05) is 49.4 Å². The Morgan fingerprint density at radius 3 is 2.16 bits per heavy atom. The predicted octanol–water partition coefficient (Wildman–Crippen LogP) is 4.62. The molecule has 0 atom stereocenters. The van der Waals surface area contributed by atoms with Crippen LogP contribution < -0.4 is 5.32 Å². The normalized spacial score (nSPS) is 11.5. The molecule has 1 amide bonds. The molecular formula is C25H27FN2O3S. The number of amides is 1. The van der Waals surface area contributed by atoms with Crippen LogP contribution in [0.5, 0.6) is 0 Å². The Morgan fingerprint density at radius 1 is 0.938 bits per heavy atom. The van der Waals surface area contributed by atoms with Crippen LogP contribution in [0.4, 0.5) is 10.1 Å². The van der Waals surface area contributed by atoms with Gasteiger partial charge in [0.25, 0.3) is 0 Å². The molecule has 3 aromatic carbocycles. The van der Waals surface area contributed by atoms with E-state index in [2.05, 4.69) is 5.32 Å². The number of sulfonamides is 1. The van der Waals surface area contributed by atoms with Crippen molar-refractivity contribution < 1.29 is 17.6 Å². The number of aryl methyl sites for hydroxylation is 3. The first-order chi connectivity index (χ1) is 15.2. The van der Waals surface area contributed by atoms with E-state index in [1.165, 1.54) is 22.5 Å². The predicted molar refractivity (Wildman–Crippen MR) is 125 cm³/mol. The molecule has 168 valence electrons. The molecule has 0 saturated heterocycles. The molecule has 0 fully saturated rings. The van der Waals surface area contributed by atoms with Crippen LogP contribution in [0, 0.1) is 26.6 Å². The van der Waals surface area contributed by atoms with Crippen LogP contribution in [0.3, 0.4) is 0 Å². The molecule has 0 radical (unpaired) electrons. The van der Waals surface area contributed by atoms with Crippen LogP contribution in [-0.4, -0.2) is 31.7 Å². The summed E-state index contributed by atoms with van der Waals surface area (Å²) >= 11 is 0. The number of hydrogen-bond donors (Lipinski definition) is 1. The number of rotatable bonds is 8. The summed E-state index contributed by atoms with van der Waals surface area (Å²) < 4.78 is 42.4. The zero-order chi connectivity index (χ0) is 23.3. The van der Waals surface area contributed by atoms with E-state index in [0.717, 1.165) is 11.1 Å². The van der Waals surface area contributed by atoms with E-state index >= 15 is 0 Å². The summed E-state index contributed by atoms with van der Waals surface area (Å²) in [7, 11) is -3.97. The molecule has 0 aliphatic rings. The van der Waals surface area contributed by atoms with E-state index in [4.69, 9.17) is 0 Å². The van der Waals surface area contributed by atoms with E-state index < -0.39 is 28.3 Å². The lowest BCUT2D eigenvalue weighted by Gasteiger charge is -2.24. The smallest absolute Gasteiger partial charge is 0.244 e. The van der Waals surface area contributed by atoms with Crippen LogP contribution >= 0.6 is 0 Å². The van der Waals surface area contributed by atoms with Crippen molar-refractivity contribution in [2.24, 2.45) is 0 Å². The lowest BCUT2D eigenvalue weighted by Crippen LogP contribution is -2.40. The van der Waals surface area contributed by atoms with Gasteiger partial charge >= 0.3 is 0 Å². The largest absolute Gasteiger partial charge is 0.322 e. The number of carbonyl (C=O) groups excluding carboxylic acids is 1. The van der Waals surface area contributed by atoms with Gasteiger partial charge < -0.3 is 5.32 Å². The summed E-state index contributed by atoms with van der Waals surface area (Å²) in [6, 6.07) is 18.9. The van der Waals surface area contributed by atoms with Gasteiger partial charge in [-0.2, -0.15) is 4.31 Å². The van der Waals surface area contributed by atoms with Crippen LogP contribution in [0.25, 0.3) is 0 Å². The minimum Gasteiger partial charge on any atom is -0.322 e. The van der Waals surface area contributed by atoms with Crippen molar-refractivity contribution in [2.75, 3.05) is 18.4 Å². The molecule has 1 N–H and O–H groups in total. The Balaban J connectivity index is 1.91. The van der Waals surface area contributed by atoms with Gasteiger partial charge in [0, 0.05) is 6.54 Å². The summed E-state index contributed by atoms with van der Waals surface area (Å²) in [5, 5.41) is 2.48. The van der Waals surface area contributed by atoms with Crippen LogP contribution in [0.1, 0.15) is 22.3 Å². The molecule has 0 aliphatic heterocycles. The summed E-state index contributed by atoms with van der Waals surface area (Å²) in [5.74, 6) is -1.18. The molecule has 0 unspecified atom stereocenters. The molecule has 0 saturated carbocycles. The van der Waals surface area contributed by atoms with Gasteiger partial charge in [0.15, 0.2) is 0 Å². The SMILES string of the molecule is Cc1cc(C)c(S(=O)(=O)N(CCc2ccccc2)CC(=O)Nc2ccccc2F)c(C)c1. The number of para-hydroxylation sites is 1. The highest BCUT2D eigenvalue weighted by Gasteiger charge is 2.29. The van der Waals surface area contributed by atoms with Gasteiger partial charge in [0.1, 0.15) is 5.82 Å². The molecule has 0 heterocycles. The van der Waals surface area contributed by atoms with Crippen molar-refractivity contribution in [2.45, 2.75) is 32.1 Å². The number of halogens is 1. The average molecular weight is 455 g/mol. The third-order valence-corrected chi connectivity index (χ3v) is 7.31. The minimum absolute atomic E-state index is 0.0144. The molecule has 7 heteroatoms. The van der Waals surface area contributed by atoms with Crippen molar-refractivity contribution in [3.63, 3.8) is 0 Å². The molecule has 0 aromatic heterocycles. The molecule has 32 heavy (non-hydrogen) atoms. The third-order valence-electron chi connectivity index (χ3n) is 5.16. The van der Waals surface area contributed by atoms with Crippen molar-refractivity contribution in [3.8, 4) is 0 Å². The number of anilines is 1. The summed E-state index contributed by atoms with van der Waals surface area (Å²) in [4.78, 5) is 12.9. The second-order valence-corrected chi connectivity index (χ2v) is 9.70. The van der Waals surface area contributed by atoms with Crippen molar-refractivity contribution >= 4 is 21.6 Å². The van der Waals surface area contributed by atoms with E-state index in [-0.39, 0.29) is 17.1 Å². The van der Waals surface area contributed by atoms with Gasteiger partial charge in [-0.1, -0.05) is 60.2 Å². The first kappa shape index (κ1) is 23.6.